The van der Waals surface area contributed by atoms with Crippen LogP contribution in [0.25, 0.3) is 0 Å². The molecule has 1 aliphatic carbocycles. The van der Waals surface area contributed by atoms with E-state index < -0.39 is 6.04 Å². The van der Waals surface area contributed by atoms with Gasteiger partial charge < -0.3 is 16.4 Å². The summed E-state index contributed by atoms with van der Waals surface area (Å²) in [6.07, 6.45) is 4.31. The Kier molecular flexibility index (Phi) is 3.67. The summed E-state index contributed by atoms with van der Waals surface area (Å²) in [7, 11) is 1.67. The van der Waals surface area contributed by atoms with Crippen LogP contribution in [0.2, 0.25) is 0 Å². The van der Waals surface area contributed by atoms with Crippen molar-refractivity contribution in [3.63, 3.8) is 0 Å². The molecule has 2 aliphatic rings. The van der Waals surface area contributed by atoms with E-state index in [1.54, 1.807) is 13.1 Å². The lowest BCUT2D eigenvalue weighted by molar-refractivity contribution is -0.125. The number of hydrogen-bond acceptors (Lipinski definition) is 6. The van der Waals surface area contributed by atoms with Crippen LogP contribution in [-0.2, 0) is 17.6 Å². The number of pyridine rings is 1. The van der Waals surface area contributed by atoms with Gasteiger partial charge in [0, 0.05) is 19.2 Å². The van der Waals surface area contributed by atoms with Crippen LogP contribution in [0.3, 0.4) is 0 Å². The van der Waals surface area contributed by atoms with Crippen molar-refractivity contribution in [3.05, 3.63) is 45.8 Å². The first-order valence-corrected chi connectivity index (χ1v) is 8.42. The van der Waals surface area contributed by atoms with Gasteiger partial charge in [-0.15, -0.1) is 0 Å². The van der Waals surface area contributed by atoms with Crippen molar-refractivity contribution < 1.29 is 4.79 Å². The van der Waals surface area contributed by atoms with Crippen LogP contribution in [0.15, 0.2) is 23.1 Å². The molecule has 8 nitrogen and oxygen atoms in total. The monoisotopic (exact) mass is 340 g/mol. The fourth-order valence-electron chi connectivity index (χ4n) is 3.73. The van der Waals surface area contributed by atoms with Gasteiger partial charge in [-0.1, -0.05) is 6.07 Å². The number of carbonyl (C=O) groups is 1. The van der Waals surface area contributed by atoms with E-state index in [1.807, 2.05) is 6.07 Å². The maximum atomic E-state index is 12.8. The molecule has 0 saturated carbocycles. The van der Waals surface area contributed by atoms with E-state index in [0.717, 1.165) is 24.1 Å². The summed E-state index contributed by atoms with van der Waals surface area (Å²) in [5, 5.41) is 5.90. The topological polar surface area (TPSA) is 115 Å². The standard InChI is InChI=1S/C17H20N6O2/c1-19-12-8-20-15-7-5-13(23(15)17(12)25)16(24)22-11-4-3-10-9(11)2-6-14(18)21-10/h2,6,8,11,13,19H,3-5,7H2,1H3,(H2,18,21)(H,22,24). The first-order valence-electron chi connectivity index (χ1n) is 8.42. The van der Waals surface area contributed by atoms with Crippen LogP contribution in [0.4, 0.5) is 11.5 Å². The van der Waals surface area contributed by atoms with Gasteiger partial charge in [-0.2, -0.15) is 0 Å². The van der Waals surface area contributed by atoms with Gasteiger partial charge in [0.05, 0.1) is 12.2 Å². The van der Waals surface area contributed by atoms with Gasteiger partial charge in [0.1, 0.15) is 23.4 Å². The number of nitrogens with two attached hydrogens (primary N) is 1. The Balaban J connectivity index is 1.58. The molecule has 0 bridgehead atoms. The van der Waals surface area contributed by atoms with Crippen molar-refractivity contribution in [2.24, 2.45) is 0 Å². The number of fused-ring (bicyclic) bond motifs is 2. The highest BCUT2D eigenvalue weighted by atomic mass is 16.2. The minimum atomic E-state index is -0.519. The summed E-state index contributed by atoms with van der Waals surface area (Å²) >= 11 is 0. The first kappa shape index (κ1) is 15.6. The normalized spacial score (nSPS) is 20.8. The fourth-order valence-corrected chi connectivity index (χ4v) is 3.73. The number of aryl methyl sites for hydroxylation is 2. The van der Waals surface area contributed by atoms with Crippen LogP contribution in [0.1, 0.15) is 42.0 Å². The van der Waals surface area contributed by atoms with Crippen LogP contribution in [-0.4, -0.2) is 27.5 Å². The molecule has 0 spiro atoms. The number of anilines is 2. The molecule has 2 atom stereocenters. The van der Waals surface area contributed by atoms with E-state index in [0.29, 0.717) is 30.2 Å². The smallest absolute Gasteiger partial charge is 0.277 e. The largest absolute Gasteiger partial charge is 0.384 e. The molecular weight excluding hydrogens is 320 g/mol. The molecule has 3 heterocycles. The summed E-state index contributed by atoms with van der Waals surface area (Å²) in [5.41, 5.74) is 7.87. The van der Waals surface area contributed by atoms with E-state index in [2.05, 4.69) is 20.6 Å². The highest BCUT2D eigenvalue weighted by molar-refractivity contribution is 5.81. The van der Waals surface area contributed by atoms with Gasteiger partial charge in [0.25, 0.3) is 5.56 Å². The third kappa shape index (κ3) is 2.54. The van der Waals surface area contributed by atoms with Gasteiger partial charge in [-0.25, -0.2) is 9.97 Å². The van der Waals surface area contributed by atoms with Crippen molar-refractivity contribution in [2.45, 2.75) is 37.8 Å². The lowest BCUT2D eigenvalue weighted by Crippen LogP contribution is -2.37. The van der Waals surface area contributed by atoms with E-state index in [-0.39, 0.29) is 17.5 Å². The summed E-state index contributed by atoms with van der Waals surface area (Å²) in [6, 6.07) is 3.07. The van der Waals surface area contributed by atoms with Crippen LogP contribution >= 0.6 is 0 Å². The zero-order valence-electron chi connectivity index (χ0n) is 14.0. The molecule has 1 aliphatic heterocycles. The lowest BCUT2D eigenvalue weighted by atomic mass is 10.1. The van der Waals surface area contributed by atoms with Crippen LogP contribution in [0.5, 0.6) is 0 Å². The van der Waals surface area contributed by atoms with Crippen molar-refractivity contribution >= 4 is 17.4 Å². The highest BCUT2D eigenvalue weighted by Crippen LogP contribution is 2.32. The Bertz CT molecular complexity index is 906. The average Bonchev–Trinajstić information content (AvgIpc) is 3.20. The minimum Gasteiger partial charge on any atom is -0.384 e. The third-order valence-electron chi connectivity index (χ3n) is 4.99. The molecule has 4 rings (SSSR count). The molecule has 130 valence electrons. The zero-order valence-corrected chi connectivity index (χ0v) is 14.0. The van der Waals surface area contributed by atoms with Gasteiger partial charge in [-0.3, -0.25) is 14.2 Å². The minimum absolute atomic E-state index is 0.0872. The number of rotatable bonds is 3. The Labute approximate surface area is 144 Å². The molecule has 0 radical (unpaired) electrons. The van der Waals surface area contributed by atoms with E-state index >= 15 is 0 Å². The molecule has 8 heteroatoms. The van der Waals surface area contributed by atoms with Crippen molar-refractivity contribution in [1.29, 1.82) is 0 Å². The summed E-state index contributed by atoms with van der Waals surface area (Å²) in [5.74, 6) is 1.00. The summed E-state index contributed by atoms with van der Waals surface area (Å²) < 4.78 is 1.51. The average molecular weight is 340 g/mol. The summed E-state index contributed by atoms with van der Waals surface area (Å²) in [4.78, 5) is 34.0. The van der Waals surface area contributed by atoms with E-state index in [4.69, 9.17) is 5.73 Å². The maximum Gasteiger partial charge on any atom is 0.277 e. The molecule has 2 unspecified atom stereocenters. The molecule has 2 aromatic rings. The second-order valence-electron chi connectivity index (χ2n) is 6.44. The second kappa shape index (κ2) is 5.87. The molecule has 25 heavy (non-hydrogen) atoms. The number of nitrogen functional groups attached to an aromatic ring is 1. The van der Waals surface area contributed by atoms with Gasteiger partial charge in [0.2, 0.25) is 5.91 Å². The molecule has 0 saturated heterocycles. The molecule has 4 N–H and O–H groups in total. The van der Waals surface area contributed by atoms with Crippen molar-refractivity contribution in [2.75, 3.05) is 18.1 Å². The predicted molar refractivity (Wildman–Crippen MR) is 93.3 cm³/mol. The summed E-state index contributed by atoms with van der Waals surface area (Å²) in [6.45, 7) is 0. The van der Waals surface area contributed by atoms with Gasteiger partial charge in [0.15, 0.2) is 0 Å². The zero-order chi connectivity index (χ0) is 17.6. The van der Waals surface area contributed by atoms with E-state index in [9.17, 15) is 9.59 Å². The number of nitrogens with zero attached hydrogens (tertiary/aromatic N) is 3. The third-order valence-corrected chi connectivity index (χ3v) is 4.99. The number of nitrogens with one attached hydrogen (secondary N) is 2. The lowest BCUT2D eigenvalue weighted by Gasteiger charge is -2.19. The molecule has 2 aromatic heterocycles. The van der Waals surface area contributed by atoms with Gasteiger partial charge in [-0.05, 0) is 30.9 Å². The highest BCUT2D eigenvalue weighted by Gasteiger charge is 2.33. The Hall–Kier alpha value is -2.90. The SMILES string of the molecule is CNc1cnc2n(c1=O)C(C(=O)NC1CCc3nc(N)ccc31)CC2. The molecular formula is C17H20N6O2. The Morgan fingerprint density at radius 3 is 2.96 bits per heavy atom. The molecule has 1 amide bonds. The number of carbonyl (C=O) groups excluding carboxylic acids is 1. The molecule has 0 fully saturated rings. The van der Waals surface area contributed by atoms with Crippen LogP contribution in [0, 0.1) is 0 Å². The number of amides is 1. The fraction of sp³-hybridized carbons (Fsp3) is 0.412. The quantitative estimate of drug-likeness (QED) is 0.752. The Morgan fingerprint density at radius 2 is 2.16 bits per heavy atom. The maximum absolute atomic E-state index is 12.8. The predicted octanol–water partition coefficient (Wildman–Crippen LogP) is 0.553. The van der Waals surface area contributed by atoms with Crippen molar-refractivity contribution in [3.8, 4) is 0 Å². The number of aromatic nitrogens is 3. The van der Waals surface area contributed by atoms with Gasteiger partial charge >= 0.3 is 0 Å². The first-order chi connectivity index (χ1) is 12.1. The van der Waals surface area contributed by atoms with E-state index in [1.165, 1.54) is 10.8 Å². The number of hydrogen-bond donors (Lipinski definition) is 3. The Morgan fingerprint density at radius 1 is 1.32 bits per heavy atom. The molecule has 0 aromatic carbocycles. The van der Waals surface area contributed by atoms with Crippen LogP contribution < -0.4 is 21.9 Å². The second-order valence-corrected chi connectivity index (χ2v) is 6.44. The van der Waals surface area contributed by atoms with Crippen molar-refractivity contribution in [1.82, 2.24) is 19.9 Å².